The van der Waals surface area contributed by atoms with E-state index < -0.39 is 5.97 Å². The minimum atomic E-state index is -0.871. The van der Waals surface area contributed by atoms with E-state index in [1.54, 1.807) is 12.5 Å². The molecule has 0 saturated carbocycles. The Labute approximate surface area is 115 Å². The van der Waals surface area contributed by atoms with Crippen LogP contribution in [0.15, 0.2) is 35.7 Å². The van der Waals surface area contributed by atoms with Gasteiger partial charge in [0, 0.05) is 25.3 Å². The lowest BCUT2D eigenvalue weighted by Gasteiger charge is -2.19. The maximum absolute atomic E-state index is 11.1. The SMILES string of the molecule is COc1cccc(N(C)Cc2ccsc2C(=O)O)c1. The van der Waals surface area contributed by atoms with Crippen LogP contribution in [-0.4, -0.2) is 25.2 Å². The van der Waals surface area contributed by atoms with Crippen molar-refractivity contribution in [3.63, 3.8) is 0 Å². The molecular formula is C14H15NO3S. The second kappa shape index (κ2) is 5.75. The van der Waals surface area contributed by atoms with E-state index in [1.807, 2.05) is 42.3 Å². The van der Waals surface area contributed by atoms with Gasteiger partial charge in [-0.05, 0) is 29.1 Å². The number of nitrogens with zero attached hydrogens (tertiary/aromatic N) is 1. The fourth-order valence-electron chi connectivity index (χ4n) is 1.84. The first-order valence-electron chi connectivity index (χ1n) is 5.76. The molecule has 19 heavy (non-hydrogen) atoms. The minimum absolute atomic E-state index is 0.398. The number of rotatable bonds is 5. The standard InChI is InChI=1S/C14H15NO3S/c1-15(11-4-3-5-12(8-11)18-2)9-10-6-7-19-13(10)14(16)17/h3-8H,9H2,1-2H3,(H,16,17). The molecule has 0 atom stereocenters. The third-order valence-corrected chi connectivity index (χ3v) is 3.79. The van der Waals surface area contributed by atoms with Crippen LogP contribution in [0.3, 0.4) is 0 Å². The number of hydrogen-bond acceptors (Lipinski definition) is 4. The largest absolute Gasteiger partial charge is 0.497 e. The van der Waals surface area contributed by atoms with Crippen LogP contribution in [0.25, 0.3) is 0 Å². The lowest BCUT2D eigenvalue weighted by atomic mass is 10.2. The van der Waals surface area contributed by atoms with E-state index in [4.69, 9.17) is 9.84 Å². The van der Waals surface area contributed by atoms with Gasteiger partial charge in [0.05, 0.1) is 7.11 Å². The van der Waals surface area contributed by atoms with Crippen molar-refractivity contribution in [2.45, 2.75) is 6.54 Å². The molecular weight excluding hydrogens is 262 g/mol. The number of anilines is 1. The minimum Gasteiger partial charge on any atom is -0.497 e. The number of carbonyl (C=O) groups is 1. The zero-order valence-corrected chi connectivity index (χ0v) is 11.6. The molecule has 0 radical (unpaired) electrons. The van der Waals surface area contributed by atoms with E-state index in [2.05, 4.69) is 0 Å². The highest BCUT2D eigenvalue weighted by atomic mass is 32.1. The van der Waals surface area contributed by atoms with Crippen molar-refractivity contribution < 1.29 is 14.6 Å². The molecule has 0 aliphatic carbocycles. The molecule has 1 aromatic carbocycles. The molecule has 0 aliphatic heterocycles. The lowest BCUT2D eigenvalue weighted by Crippen LogP contribution is -2.17. The van der Waals surface area contributed by atoms with Crippen molar-refractivity contribution in [3.8, 4) is 5.75 Å². The molecule has 0 aliphatic rings. The summed E-state index contributed by atoms with van der Waals surface area (Å²) >= 11 is 1.25. The number of thiophene rings is 1. The van der Waals surface area contributed by atoms with Crippen molar-refractivity contribution in [3.05, 3.63) is 46.2 Å². The number of carboxylic acid groups (broad SMARTS) is 1. The maximum atomic E-state index is 11.1. The summed E-state index contributed by atoms with van der Waals surface area (Å²) in [5, 5.41) is 10.9. The first kappa shape index (κ1) is 13.4. The molecule has 100 valence electrons. The Kier molecular flexibility index (Phi) is 4.06. The van der Waals surface area contributed by atoms with Crippen molar-refractivity contribution in [2.24, 2.45) is 0 Å². The highest BCUT2D eigenvalue weighted by Crippen LogP contribution is 2.24. The van der Waals surface area contributed by atoms with Gasteiger partial charge in [0.1, 0.15) is 10.6 Å². The van der Waals surface area contributed by atoms with Crippen molar-refractivity contribution in [1.29, 1.82) is 0 Å². The summed E-state index contributed by atoms with van der Waals surface area (Å²) in [4.78, 5) is 13.5. The van der Waals surface area contributed by atoms with E-state index in [9.17, 15) is 4.79 Å². The Balaban J connectivity index is 2.18. The molecule has 0 saturated heterocycles. The molecule has 2 aromatic rings. The molecule has 0 fully saturated rings. The van der Waals surface area contributed by atoms with Crippen LogP contribution in [-0.2, 0) is 6.54 Å². The Morgan fingerprint density at radius 2 is 2.21 bits per heavy atom. The van der Waals surface area contributed by atoms with Gasteiger partial charge in [0.15, 0.2) is 0 Å². The molecule has 2 rings (SSSR count). The average molecular weight is 277 g/mol. The number of ether oxygens (including phenoxy) is 1. The second-order valence-corrected chi connectivity index (χ2v) is 5.05. The smallest absolute Gasteiger partial charge is 0.346 e. The third-order valence-electron chi connectivity index (χ3n) is 2.84. The summed E-state index contributed by atoms with van der Waals surface area (Å²) in [6.07, 6.45) is 0. The Morgan fingerprint density at radius 3 is 2.89 bits per heavy atom. The van der Waals surface area contributed by atoms with Crippen molar-refractivity contribution in [1.82, 2.24) is 0 Å². The summed E-state index contributed by atoms with van der Waals surface area (Å²) in [6, 6.07) is 9.54. The first-order valence-corrected chi connectivity index (χ1v) is 6.64. The summed E-state index contributed by atoms with van der Waals surface area (Å²) < 4.78 is 5.18. The molecule has 1 N–H and O–H groups in total. The van der Waals surface area contributed by atoms with Crippen LogP contribution in [0.2, 0.25) is 0 Å². The molecule has 1 heterocycles. The predicted octanol–water partition coefficient (Wildman–Crippen LogP) is 3.09. The van der Waals surface area contributed by atoms with Crippen LogP contribution in [0.1, 0.15) is 15.2 Å². The number of benzene rings is 1. The fraction of sp³-hybridized carbons (Fsp3) is 0.214. The van der Waals surface area contributed by atoms with E-state index in [0.29, 0.717) is 11.4 Å². The van der Waals surface area contributed by atoms with E-state index >= 15 is 0 Å². The Bertz CT molecular complexity index is 580. The molecule has 0 bridgehead atoms. The number of aromatic carboxylic acids is 1. The van der Waals surface area contributed by atoms with Crippen molar-refractivity contribution in [2.75, 3.05) is 19.1 Å². The number of hydrogen-bond donors (Lipinski definition) is 1. The summed E-state index contributed by atoms with van der Waals surface area (Å²) in [5.74, 6) is -0.0860. The fourth-order valence-corrected chi connectivity index (χ4v) is 2.60. The van der Waals surface area contributed by atoms with Crippen LogP contribution < -0.4 is 9.64 Å². The Hall–Kier alpha value is -2.01. The second-order valence-electron chi connectivity index (χ2n) is 4.14. The molecule has 1 aromatic heterocycles. The van der Waals surface area contributed by atoms with Gasteiger partial charge >= 0.3 is 5.97 Å². The molecule has 0 spiro atoms. The highest BCUT2D eigenvalue weighted by molar-refractivity contribution is 7.12. The monoisotopic (exact) mass is 277 g/mol. The quantitative estimate of drug-likeness (QED) is 0.912. The van der Waals surface area contributed by atoms with Gasteiger partial charge < -0.3 is 14.7 Å². The van der Waals surface area contributed by atoms with Crippen molar-refractivity contribution >= 4 is 23.0 Å². The van der Waals surface area contributed by atoms with Crippen LogP contribution >= 0.6 is 11.3 Å². The van der Waals surface area contributed by atoms with Gasteiger partial charge in [-0.15, -0.1) is 11.3 Å². The molecule has 0 amide bonds. The van der Waals surface area contributed by atoms with Gasteiger partial charge in [-0.2, -0.15) is 0 Å². The van der Waals surface area contributed by atoms with Gasteiger partial charge in [0.25, 0.3) is 0 Å². The molecule has 5 heteroatoms. The van der Waals surface area contributed by atoms with Crippen LogP contribution in [0.4, 0.5) is 5.69 Å². The topological polar surface area (TPSA) is 49.8 Å². The summed E-state index contributed by atoms with van der Waals surface area (Å²) in [7, 11) is 3.55. The first-order chi connectivity index (χ1) is 9.11. The highest BCUT2D eigenvalue weighted by Gasteiger charge is 2.13. The summed E-state index contributed by atoms with van der Waals surface area (Å²) in [5.41, 5.74) is 1.81. The van der Waals surface area contributed by atoms with E-state index in [-0.39, 0.29) is 0 Å². The molecule has 0 unspecified atom stereocenters. The normalized spacial score (nSPS) is 10.2. The van der Waals surface area contributed by atoms with Gasteiger partial charge in [-0.25, -0.2) is 4.79 Å². The van der Waals surface area contributed by atoms with E-state index in [0.717, 1.165) is 17.0 Å². The van der Waals surface area contributed by atoms with Crippen LogP contribution in [0, 0.1) is 0 Å². The summed E-state index contributed by atoms with van der Waals surface area (Å²) in [6.45, 7) is 0.554. The van der Waals surface area contributed by atoms with Gasteiger partial charge in [-0.1, -0.05) is 6.07 Å². The van der Waals surface area contributed by atoms with E-state index in [1.165, 1.54) is 11.3 Å². The van der Waals surface area contributed by atoms with Gasteiger partial charge in [0.2, 0.25) is 0 Å². The Morgan fingerprint density at radius 1 is 1.42 bits per heavy atom. The zero-order valence-electron chi connectivity index (χ0n) is 10.8. The zero-order chi connectivity index (χ0) is 13.8. The third kappa shape index (κ3) is 3.06. The predicted molar refractivity (Wildman–Crippen MR) is 76.4 cm³/mol. The number of methoxy groups -OCH3 is 1. The average Bonchev–Trinajstić information content (AvgIpc) is 2.87. The maximum Gasteiger partial charge on any atom is 0.346 e. The van der Waals surface area contributed by atoms with Crippen LogP contribution in [0.5, 0.6) is 5.75 Å². The van der Waals surface area contributed by atoms with Gasteiger partial charge in [-0.3, -0.25) is 0 Å². The number of carboxylic acids is 1. The lowest BCUT2D eigenvalue weighted by molar-refractivity contribution is 0.0701. The molecule has 4 nitrogen and oxygen atoms in total.